The molecule has 7 nitrogen and oxygen atoms in total. The summed E-state index contributed by atoms with van der Waals surface area (Å²) in [7, 11) is 0. The Morgan fingerprint density at radius 1 is 0.872 bits per heavy atom. The summed E-state index contributed by atoms with van der Waals surface area (Å²) in [6.07, 6.45) is 2.34. The highest BCUT2D eigenvalue weighted by molar-refractivity contribution is 5.70. The molecular formula is C30H36F2N4O3. The number of urea groups is 1. The summed E-state index contributed by atoms with van der Waals surface area (Å²) in [4.78, 5) is 15.5. The molecule has 0 atom stereocenters. The molecule has 9 heteroatoms. The lowest BCUT2D eigenvalue weighted by molar-refractivity contribution is -0.0402. The molecule has 1 aliphatic rings. The zero-order valence-corrected chi connectivity index (χ0v) is 22.0. The van der Waals surface area contributed by atoms with Gasteiger partial charge in [0.2, 0.25) is 0 Å². The van der Waals surface area contributed by atoms with Gasteiger partial charge in [0, 0.05) is 32.7 Å². The van der Waals surface area contributed by atoms with Gasteiger partial charge in [-0.05, 0) is 72.4 Å². The molecule has 4 rings (SSSR count). The lowest BCUT2D eigenvalue weighted by Gasteiger charge is -2.39. The molecule has 3 aromatic carbocycles. The zero-order valence-electron chi connectivity index (χ0n) is 22.0. The first-order valence-electron chi connectivity index (χ1n) is 13.3. The molecule has 1 heterocycles. The van der Waals surface area contributed by atoms with Crippen molar-refractivity contribution in [3.05, 3.63) is 101 Å². The molecular weight excluding hydrogens is 502 g/mol. The summed E-state index contributed by atoms with van der Waals surface area (Å²) in [5, 5.41) is 9.83. The second-order valence-corrected chi connectivity index (χ2v) is 9.79. The Bertz CT molecular complexity index is 1120. The van der Waals surface area contributed by atoms with Crippen molar-refractivity contribution in [3.63, 3.8) is 0 Å². The molecule has 3 N–H and O–H groups in total. The normalized spacial score (nSPS) is 14.5. The molecule has 0 aliphatic carbocycles. The number of unbranched alkanes of at least 4 members (excludes halogenated alkanes) is 1. The molecule has 0 bridgehead atoms. The maximum absolute atomic E-state index is 13.6. The molecule has 3 aromatic rings. The average Bonchev–Trinajstić information content (AvgIpc) is 2.95. The third-order valence-corrected chi connectivity index (χ3v) is 7.08. The lowest BCUT2D eigenvalue weighted by atomic mass is 9.96. The van der Waals surface area contributed by atoms with Crippen molar-refractivity contribution in [2.45, 2.75) is 25.3 Å². The number of hydrogen-bond acceptors (Lipinski definition) is 5. The molecule has 2 amide bonds. The molecule has 0 unspecified atom stereocenters. The van der Waals surface area contributed by atoms with Crippen LogP contribution in [0, 0.1) is 11.6 Å². The molecule has 0 saturated carbocycles. The van der Waals surface area contributed by atoms with E-state index in [1.807, 2.05) is 24.3 Å². The van der Waals surface area contributed by atoms with Gasteiger partial charge in [-0.2, -0.15) is 0 Å². The molecule has 39 heavy (non-hydrogen) atoms. The first kappa shape index (κ1) is 28.5. The fourth-order valence-corrected chi connectivity index (χ4v) is 4.90. The van der Waals surface area contributed by atoms with E-state index in [0.717, 1.165) is 62.4 Å². The summed E-state index contributed by atoms with van der Waals surface area (Å²) < 4.78 is 33.1. The predicted octanol–water partition coefficient (Wildman–Crippen LogP) is 4.84. The van der Waals surface area contributed by atoms with Crippen molar-refractivity contribution < 1.29 is 23.5 Å². The average molecular weight is 539 g/mol. The number of rotatable bonds is 12. The van der Waals surface area contributed by atoms with Gasteiger partial charge >= 0.3 is 6.03 Å². The fraction of sp³-hybridized carbons (Fsp3) is 0.367. The number of carbonyl (C=O) groups is 1. The van der Waals surface area contributed by atoms with Crippen molar-refractivity contribution >= 4 is 6.03 Å². The minimum absolute atomic E-state index is 0.0613. The van der Waals surface area contributed by atoms with Crippen LogP contribution in [0.3, 0.4) is 0 Å². The summed E-state index contributed by atoms with van der Waals surface area (Å²) in [5.41, 5.74) is 8.15. The van der Waals surface area contributed by atoms with Crippen LogP contribution < -0.4 is 10.5 Å². The first-order valence-corrected chi connectivity index (χ1v) is 13.3. The SMILES string of the molecule is NC(=O)N(O)CCCCc1ccc(OCCN2CCN(C(c3ccc(F)cc3)c3ccc(F)cc3)CC2)cc1. The zero-order chi connectivity index (χ0) is 27.6. The van der Waals surface area contributed by atoms with Gasteiger partial charge in [-0.15, -0.1) is 0 Å². The second-order valence-electron chi connectivity index (χ2n) is 9.79. The van der Waals surface area contributed by atoms with Crippen LogP contribution in [0.4, 0.5) is 13.6 Å². The molecule has 1 saturated heterocycles. The number of nitrogens with two attached hydrogens (primary N) is 1. The van der Waals surface area contributed by atoms with E-state index in [-0.39, 0.29) is 24.2 Å². The lowest BCUT2D eigenvalue weighted by Crippen LogP contribution is -2.48. The van der Waals surface area contributed by atoms with E-state index >= 15 is 0 Å². The third-order valence-electron chi connectivity index (χ3n) is 7.08. The molecule has 1 fully saturated rings. The highest BCUT2D eigenvalue weighted by Crippen LogP contribution is 2.30. The van der Waals surface area contributed by atoms with Crippen LogP contribution >= 0.6 is 0 Å². The van der Waals surface area contributed by atoms with Crippen LogP contribution in [0.5, 0.6) is 5.75 Å². The largest absolute Gasteiger partial charge is 0.492 e. The number of benzene rings is 3. The van der Waals surface area contributed by atoms with E-state index in [2.05, 4.69) is 9.80 Å². The number of ether oxygens (including phenoxy) is 1. The molecule has 0 aromatic heterocycles. The van der Waals surface area contributed by atoms with Crippen LogP contribution in [0.1, 0.15) is 35.6 Å². The van der Waals surface area contributed by atoms with Gasteiger partial charge in [0.1, 0.15) is 24.0 Å². The van der Waals surface area contributed by atoms with Crippen LogP contribution in [0.15, 0.2) is 72.8 Å². The number of carbonyl (C=O) groups excluding carboxylic acids is 1. The van der Waals surface area contributed by atoms with E-state index in [0.29, 0.717) is 18.1 Å². The van der Waals surface area contributed by atoms with Crippen molar-refractivity contribution in [1.82, 2.24) is 14.9 Å². The first-order chi connectivity index (χ1) is 18.9. The third kappa shape index (κ3) is 8.48. The van der Waals surface area contributed by atoms with E-state index in [1.165, 1.54) is 29.8 Å². The van der Waals surface area contributed by atoms with E-state index < -0.39 is 6.03 Å². The molecule has 208 valence electrons. The highest BCUT2D eigenvalue weighted by atomic mass is 19.1. The number of halogens is 2. The number of hydrogen-bond donors (Lipinski definition) is 2. The van der Waals surface area contributed by atoms with Crippen molar-refractivity contribution in [2.24, 2.45) is 5.73 Å². The monoisotopic (exact) mass is 538 g/mol. The van der Waals surface area contributed by atoms with Crippen LogP contribution in [-0.4, -0.2) is 72.0 Å². The second kappa shape index (κ2) is 14.0. The minimum atomic E-state index is -0.836. The van der Waals surface area contributed by atoms with E-state index in [1.54, 1.807) is 24.3 Å². The van der Waals surface area contributed by atoms with Gasteiger partial charge in [-0.3, -0.25) is 15.0 Å². The Labute approximate surface area is 228 Å². The summed E-state index contributed by atoms with van der Waals surface area (Å²) in [6.45, 7) is 5.04. The van der Waals surface area contributed by atoms with Gasteiger partial charge in [0.25, 0.3) is 0 Å². The topological polar surface area (TPSA) is 82.3 Å². The Kier molecular flexibility index (Phi) is 10.2. The number of piperazine rings is 1. The van der Waals surface area contributed by atoms with Gasteiger partial charge in [0.05, 0.1) is 12.6 Å². The van der Waals surface area contributed by atoms with E-state index in [9.17, 15) is 18.8 Å². The van der Waals surface area contributed by atoms with Gasteiger partial charge in [0.15, 0.2) is 0 Å². The van der Waals surface area contributed by atoms with Crippen LogP contribution in [0.2, 0.25) is 0 Å². The fourth-order valence-electron chi connectivity index (χ4n) is 4.90. The standard InChI is InChI=1S/C30H36F2N4O3/c31-26-10-6-24(7-11-26)29(25-8-12-27(32)13-9-25)35-19-17-34(18-20-35)21-22-39-28-14-4-23(5-15-28)3-1-2-16-36(38)30(33)37/h4-15,29,38H,1-3,16-22H2,(H2,33,37). The summed E-state index contributed by atoms with van der Waals surface area (Å²) >= 11 is 0. The van der Waals surface area contributed by atoms with Crippen LogP contribution in [-0.2, 0) is 6.42 Å². The van der Waals surface area contributed by atoms with Crippen LogP contribution in [0.25, 0.3) is 0 Å². The number of hydroxylamine groups is 2. The molecule has 0 radical (unpaired) electrons. The quantitative estimate of drug-likeness (QED) is 0.196. The summed E-state index contributed by atoms with van der Waals surface area (Å²) in [5.74, 6) is 0.278. The maximum Gasteiger partial charge on any atom is 0.338 e. The van der Waals surface area contributed by atoms with Crippen molar-refractivity contribution in [1.29, 1.82) is 0 Å². The Balaban J connectivity index is 1.22. The Morgan fingerprint density at radius 3 is 1.97 bits per heavy atom. The minimum Gasteiger partial charge on any atom is -0.492 e. The van der Waals surface area contributed by atoms with Gasteiger partial charge in [-0.25, -0.2) is 18.6 Å². The Morgan fingerprint density at radius 2 is 1.44 bits per heavy atom. The smallest absolute Gasteiger partial charge is 0.338 e. The predicted molar refractivity (Wildman–Crippen MR) is 146 cm³/mol. The van der Waals surface area contributed by atoms with Gasteiger partial charge < -0.3 is 10.5 Å². The number of aryl methyl sites for hydroxylation is 1. The maximum atomic E-state index is 13.6. The Hall–Kier alpha value is -3.53. The number of primary amides is 1. The number of nitrogens with zero attached hydrogens (tertiary/aromatic N) is 3. The molecule has 0 spiro atoms. The molecule has 1 aliphatic heterocycles. The van der Waals surface area contributed by atoms with Gasteiger partial charge in [-0.1, -0.05) is 36.4 Å². The van der Waals surface area contributed by atoms with E-state index in [4.69, 9.17) is 10.5 Å². The summed E-state index contributed by atoms with van der Waals surface area (Å²) in [6, 6.07) is 20.2. The van der Waals surface area contributed by atoms with Crippen molar-refractivity contribution in [2.75, 3.05) is 45.9 Å². The highest BCUT2D eigenvalue weighted by Gasteiger charge is 2.26. The van der Waals surface area contributed by atoms with Crippen molar-refractivity contribution in [3.8, 4) is 5.75 Å². The number of amides is 2.